The fourth-order valence-corrected chi connectivity index (χ4v) is 2.65. The van der Waals surface area contributed by atoms with Crippen molar-refractivity contribution in [3.63, 3.8) is 0 Å². The predicted octanol–water partition coefficient (Wildman–Crippen LogP) is 5.35. The lowest BCUT2D eigenvalue weighted by molar-refractivity contribution is -0.107. The van der Waals surface area contributed by atoms with Crippen molar-refractivity contribution in [3.05, 3.63) is 34.8 Å². The minimum absolute atomic E-state index is 0.219. The fraction of sp³-hybridized carbons (Fsp3) is 0.632. The summed E-state index contributed by atoms with van der Waals surface area (Å²) in [4.78, 5) is 10.8. The van der Waals surface area contributed by atoms with Crippen LogP contribution < -0.4 is 0 Å². The second-order valence-corrected chi connectivity index (χ2v) is 6.17. The molecule has 3 heteroatoms. The summed E-state index contributed by atoms with van der Waals surface area (Å²) in [5, 5.41) is 9.75. The molecule has 0 bridgehead atoms. The molecule has 0 aliphatic rings. The van der Waals surface area contributed by atoms with Crippen LogP contribution in [0, 0.1) is 11.8 Å². The number of hydrogen-bond acceptors (Lipinski definition) is 3. The van der Waals surface area contributed by atoms with E-state index in [-0.39, 0.29) is 12.2 Å². The van der Waals surface area contributed by atoms with Gasteiger partial charge in [-0.1, -0.05) is 33.8 Å². The lowest BCUT2D eigenvalue weighted by Crippen LogP contribution is -2.00. The highest BCUT2D eigenvalue weighted by molar-refractivity contribution is 5.58. The van der Waals surface area contributed by atoms with E-state index in [0.717, 1.165) is 36.0 Å². The molecular weight excluding hydrogens is 276 g/mol. The highest BCUT2D eigenvalue weighted by Crippen LogP contribution is 2.22. The van der Waals surface area contributed by atoms with Gasteiger partial charge in [-0.25, -0.2) is 0 Å². The molecule has 0 fully saturated rings. The molecule has 0 radical (unpaired) electrons. The largest absolute Gasteiger partial charge is 0.512 e. The molecule has 126 valence electrons. The van der Waals surface area contributed by atoms with Gasteiger partial charge in [0, 0.05) is 12.8 Å². The Hall–Kier alpha value is -1.51. The van der Waals surface area contributed by atoms with E-state index in [4.69, 9.17) is 4.74 Å². The van der Waals surface area contributed by atoms with Crippen molar-refractivity contribution in [2.24, 2.45) is 11.8 Å². The summed E-state index contributed by atoms with van der Waals surface area (Å²) in [5.41, 5.74) is 1.73. The van der Waals surface area contributed by atoms with Crippen LogP contribution in [-0.4, -0.2) is 18.5 Å². The van der Waals surface area contributed by atoms with E-state index < -0.39 is 0 Å². The number of ether oxygens (including phenoxy) is 1. The van der Waals surface area contributed by atoms with Crippen molar-refractivity contribution >= 4 is 6.29 Å². The van der Waals surface area contributed by atoms with Gasteiger partial charge in [0.05, 0.1) is 18.6 Å². The van der Waals surface area contributed by atoms with Crippen LogP contribution in [0.2, 0.25) is 0 Å². The van der Waals surface area contributed by atoms with E-state index in [1.807, 2.05) is 6.92 Å². The van der Waals surface area contributed by atoms with Crippen molar-refractivity contribution < 1.29 is 14.6 Å². The molecule has 0 aromatic heterocycles. The minimum atomic E-state index is 0.219. The molecule has 0 amide bonds. The van der Waals surface area contributed by atoms with E-state index >= 15 is 0 Å². The molecule has 0 aromatic rings. The Labute approximate surface area is 135 Å². The predicted molar refractivity (Wildman–Crippen MR) is 92.7 cm³/mol. The summed E-state index contributed by atoms with van der Waals surface area (Å²) < 4.78 is 5.47. The molecule has 3 nitrogen and oxygen atoms in total. The monoisotopic (exact) mass is 308 g/mol. The van der Waals surface area contributed by atoms with Gasteiger partial charge in [-0.15, -0.1) is 0 Å². The molecule has 0 spiro atoms. The van der Waals surface area contributed by atoms with E-state index in [2.05, 4.69) is 32.9 Å². The Kier molecular flexibility index (Phi) is 10.3. The first-order valence-electron chi connectivity index (χ1n) is 8.12. The van der Waals surface area contributed by atoms with Crippen LogP contribution in [0.4, 0.5) is 0 Å². The van der Waals surface area contributed by atoms with Crippen LogP contribution >= 0.6 is 0 Å². The van der Waals surface area contributed by atoms with Crippen molar-refractivity contribution in [1.29, 1.82) is 0 Å². The van der Waals surface area contributed by atoms with Gasteiger partial charge in [0.2, 0.25) is 0 Å². The van der Waals surface area contributed by atoms with Crippen LogP contribution in [-0.2, 0) is 9.53 Å². The van der Waals surface area contributed by atoms with Crippen LogP contribution in [0.3, 0.4) is 0 Å². The summed E-state index contributed by atoms with van der Waals surface area (Å²) in [5.74, 6) is 2.28. The number of allylic oxidation sites excluding steroid dienone is 5. The second-order valence-electron chi connectivity index (χ2n) is 6.17. The lowest BCUT2D eigenvalue weighted by atomic mass is 9.96. The van der Waals surface area contributed by atoms with Gasteiger partial charge in [-0.2, -0.15) is 0 Å². The Morgan fingerprint density at radius 2 is 1.86 bits per heavy atom. The number of carbonyl (C=O) groups excluding carboxylic acids is 1. The summed E-state index contributed by atoms with van der Waals surface area (Å²) in [6.07, 6.45) is 7.88. The molecule has 1 N–H and O–H groups in total. The van der Waals surface area contributed by atoms with Gasteiger partial charge >= 0.3 is 0 Å². The number of aliphatic hydroxyl groups is 1. The third-order valence-corrected chi connectivity index (χ3v) is 3.62. The number of methoxy groups -OCH3 is 1. The summed E-state index contributed by atoms with van der Waals surface area (Å²) in [6, 6.07) is 0. The van der Waals surface area contributed by atoms with Gasteiger partial charge < -0.3 is 14.6 Å². The molecule has 0 heterocycles. The molecule has 0 saturated carbocycles. The number of carbonyl (C=O) groups is 1. The minimum Gasteiger partial charge on any atom is -0.512 e. The van der Waals surface area contributed by atoms with E-state index in [1.165, 1.54) is 0 Å². The quantitative estimate of drug-likeness (QED) is 0.336. The van der Waals surface area contributed by atoms with Gasteiger partial charge in [0.1, 0.15) is 6.29 Å². The third-order valence-electron chi connectivity index (χ3n) is 3.62. The maximum absolute atomic E-state index is 10.8. The standard InChI is InChI=1S/C19H32O3/c1-7-17(19(10-11-20)16(5)21)8-9-18(22-6)13-15(4)12-14(2)3/h8,11,13-15,21H,7,9-10,12H2,1-6H3/b17-8-,18-13-,19-16+/t15-/m1/s1. The third kappa shape index (κ3) is 8.06. The van der Waals surface area contributed by atoms with E-state index in [1.54, 1.807) is 14.0 Å². The SMILES string of the molecule is CCC(=C/C/C(=C/[C@H](C)CC(C)C)OC)/C(CC=O)=C(\C)O. The number of aldehydes is 1. The zero-order valence-corrected chi connectivity index (χ0v) is 15.0. The fourth-order valence-electron chi connectivity index (χ4n) is 2.65. The van der Waals surface area contributed by atoms with Gasteiger partial charge in [0.25, 0.3) is 0 Å². The van der Waals surface area contributed by atoms with Crippen LogP contribution in [0.5, 0.6) is 0 Å². The summed E-state index contributed by atoms with van der Waals surface area (Å²) in [6.45, 7) is 10.3. The Bertz CT molecular complexity index is 424. The molecule has 0 aliphatic heterocycles. The van der Waals surface area contributed by atoms with Crippen molar-refractivity contribution in [2.75, 3.05) is 7.11 Å². The Morgan fingerprint density at radius 1 is 1.23 bits per heavy atom. The molecule has 22 heavy (non-hydrogen) atoms. The number of rotatable bonds is 10. The van der Waals surface area contributed by atoms with Gasteiger partial charge in [-0.3, -0.25) is 0 Å². The topological polar surface area (TPSA) is 46.5 Å². The van der Waals surface area contributed by atoms with Crippen LogP contribution in [0.15, 0.2) is 34.8 Å². The summed E-state index contributed by atoms with van der Waals surface area (Å²) in [7, 11) is 1.69. The molecule has 0 aromatic carbocycles. The average molecular weight is 308 g/mol. The van der Waals surface area contributed by atoms with Gasteiger partial charge in [0.15, 0.2) is 0 Å². The maximum atomic E-state index is 10.8. The van der Waals surface area contributed by atoms with E-state index in [0.29, 0.717) is 18.3 Å². The summed E-state index contributed by atoms with van der Waals surface area (Å²) >= 11 is 0. The molecular formula is C19H32O3. The maximum Gasteiger partial charge on any atom is 0.124 e. The first-order chi connectivity index (χ1) is 10.3. The van der Waals surface area contributed by atoms with Crippen molar-refractivity contribution in [2.45, 2.75) is 60.3 Å². The smallest absolute Gasteiger partial charge is 0.124 e. The molecule has 0 aliphatic carbocycles. The zero-order valence-electron chi connectivity index (χ0n) is 15.0. The van der Waals surface area contributed by atoms with E-state index in [9.17, 15) is 9.90 Å². The van der Waals surface area contributed by atoms with Crippen LogP contribution in [0.1, 0.15) is 60.3 Å². The number of hydrogen-bond donors (Lipinski definition) is 1. The normalized spacial score (nSPS) is 15.6. The molecule has 1 atom stereocenters. The van der Waals surface area contributed by atoms with Crippen LogP contribution in [0.25, 0.3) is 0 Å². The average Bonchev–Trinajstić information content (AvgIpc) is 2.44. The highest BCUT2D eigenvalue weighted by Gasteiger charge is 2.09. The first kappa shape index (κ1) is 20.5. The molecule has 0 unspecified atom stereocenters. The first-order valence-corrected chi connectivity index (χ1v) is 8.12. The Balaban J connectivity index is 5.10. The number of aliphatic hydroxyl groups excluding tert-OH is 1. The van der Waals surface area contributed by atoms with Crippen molar-refractivity contribution in [3.8, 4) is 0 Å². The van der Waals surface area contributed by atoms with Crippen molar-refractivity contribution in [1.82, 2.24) is 0 Å². The highest BCUT2D eigenvalue weighted by atomic mass is 16.5. The molecule has 0 rings (SSSR count). The Morgan fingerprint density at radius 3 is 2.27 bits per heavy atom. The zero-order chi connectivity index (χ0) is 17.1. The van der Waals surface area contributed by atoms with Gasteiger partial charge in [-0.05, 0) is 48.8 Å². The second kappa shape index (κ2) is 11.1. The lowest BCUT2D eigenvalue weighted by Gasteiger charge is -2.13. The molecule has 0 saturated heterocycles.